The smallest absolute Gasteiger partial charge is 0.138 e. The number of carbonyl (C=O) groups excluding carboxylic acids is 1. The molecule has 0 aromatic rings. The Labute approximate surface area is 220 Å². The lowest BCUT2D eigenvalue weighted by molar-refractivity contribution is -0.146. The van der Waals surface area contributed by atoms with Gasteiger partial charge in [-0.2, -0.15) is 0 Å². The monoisotopic (exact) mass is 502 g/mol. The van der Waals surface area contributed by atoms with Crippen molar-refractivity contribution in [1.29, 1.82) is 0 Å². The second kappa shape index (κ2) is 9.49. The van der Waals surface area contributed by atoms with Gasteiger partial charge < -0.3 is 14.9 Å². The molecule has 4 nitrogen and oxygen atoms in total. The third-order valence-electron chi connectivity index (χ3n) is 12.4. The summed E-state index contributed by atoms with van der Waals surface area (Å²) in [6, 6.07) is 0. The zero-order valence-corrected chi connectivity index (χ0v) is 24.5. The molecule has 0 amide bonds. The average Bonchev–Trinajstić information content (AvgIpc) is 3.07. The van der Waals surface area contributed by atoms with Gasteiger partial charge in [0.05, 0.1) is 11.7 Å². The number of ether oxygens (including phenoxy) is 1. The first-order valence-corrected chi connectivity index (χ1v) is 14.8. The van der Waals surface area contributed by atoms with Crippen molar-refractivity contribution in [3.63, 3.8) is 0 Å². The van der Waals surface area contributed by atoms with E-state index >= 15 is 0 Å². The van der Waals surface area contributed by atoms with Crippen LogP contribution in [-0.4, -0.2) is 40.9 Å². The van der Waals surface area contributed by atoms with Crippen LogP contribution in [0.5, 0.6) is 0 Å². The van der Waals surface area contributed by atoms with Crippen LogP contribution in [0.4, 0.5) is 0 Å². The van der Waals surface area contributed by atoms with Gasteiger partial charge in [-0.3, -0.25) is 4.79 Å². The van der Waals surface area contributed by atoms with E-state index < -0.39 is 11.7 Å². The van der Waals surface area contributed by atoms with E-state index in [9.17, 15) is 15.0 Å². The zero-order valence-electron chi connectivity index (χ0n) is 24.5. The Kier molecular flexibility index (Phi) is 7.46. The lowest BCUT2D eigenvalue weighted by Crippen LogP contribution is -2.57. The van der Waals surface area contributed by atoms with E-state index in [4.69, 9.17) is 4.74 Å². The predicted molar refractivity (Wildman–Crippen MR) is 146 cm³/mol. The summed E-state index contributed by atoms with van der Waals surface area (Å²) in [6.45, 7) is 19.0. The van der Waals surface area contributed by atoms with Gasteiger partial charge in [0.2, 0.25) is 0 Å². The van der Waals surface area contributed by atoms with Crippen molar-refractivity contribution in [2.24, 2.45) is 45.3 Å². The van der Waals surface area contributed by atoms with E-state index in [1.807, 2.05) is 0 Å². The molecule has 8 unspecified atom stereocenters. The second-order valence-electron chi connectivity index (χ2n) is 14.8. The standard InChI is InChI=1S/C32H54O4/c1-9-36-20-21(10-13-27(34)29(4,5)35)22-14-18-32(8)24-11-12-25-28(2,3)26(33)16-17-30(25,6)23(24)15-19-31(22,32)7/h11,21-23,25,27,34-35H,9-10,12-20H2,1-8H3. The van der Waals surface area contributed by atoms with Crippen LogP contribution in [0.2, 0.25) is 0 Å². The molecule has 0 aromatic carbocycles. The molecular weight excluding hydrogens is 448 g/mol. The van der Waals surface area contributed by atoms with Crippen LogP contribution < -0.4 is 0 Å². The molecule has 4 aliphatic rings. The number of hydrogen-bond donors (Lipinski definition) is 2. The lowest BCUT2D eigenvalue weighted by atomic mass is 9.41. The number of ketones is 1. The number of hydrogen-bond acceptors (Lipinski definition) is 4. The molecule has 3 saturated carbocycles. The SMILES string of the molecule is CCOCC(CCC(O)C(C)(C)O)C1CCC2(C)C3=CCC4C(C)(C)C(=O)CCC4(C)C3CCC12C. The van der Waals surface area contributed by atoms with Crippen molar-refractivity contribution in [3.05, 3.63) is 11.6 Å². The highest BCUT2D eigenvalue weighted by molar-refractivity contribution is 5.85. The Bertz CT molecular complexity index is 868. The number of carbonyl (C=O) groups is 1. The fraction of sp³-hybridized carbons (Fsp3) is 0.906. The molecule has 4 aliphatic carbocycles. The molecule has 4 rings (SSSR count). The second-order valence-corrected chi connectivity index (χ2v) is 14.8. The number of aliphatic hydroxyl groups excluding tert-OH is 1. The summed E-state index contributed by atoms with van der Waals surface area (Å²) in [5.74, 6) is 2.44. The van der Waals surface area contributed by atoms with Crippen molar-refractivity contribution in [2.45, 2.75) is 125 Å². The lowest BCUT2D eigenvalue weighted by Gasteiger charge is -2.63. The molecular formula is C32H54O4. The van der Waals surface area contributed by atoms with Crippen LogP contribution in [0.25, 0.3) is 0 Å². The number of fused-ring (bicyclic) bond motifs is 5. The maximum atomic E-state index is 12.9. The van der Waals surface area contributed by atoms with Gasteiger partial charge >= 0.3 is 0 Å². The van der Waals surface area contributed by atoms with Crippen molar-refractivity contribution in [2.75, 3.05) is 13.2 Å². The van der Waals surface area contributed by atoms with Gasteiger partial charge in [-0.05, 0) is 112 Å². The first kappa shape index (κ1) is 28.3. The Morgan fingerprint density at radius 2 is 1.78 bits per heavy atom. The molecule has 0 bridgehead atoms. The zero-order chi connectivity index (χ0) is 26.7. The molecule has 0 heterocycles. The van der Waals surface area contributed by atoms with Crippen LogP contribution in [-0.2, 0) is 9.53 Å². The van der Waals surface area contributed by atoms with Crippen LogP contribution in [0.3, 0.4) is 0 Å². The van der Waals surface area contributed by atoms with Gasteiger partial charge in [-0.15, -0.1) is 0 Å². The Balaban J connectivity index is 1.62. The summed E-state index contributed by atoms with van der Waals surface area (Å²) in [5.41, 5.74) is 1.01. The fourth-order valence-corrected chi connectivity index (χ4v) is 9.70. The van der Waals surface area contributed by atoms with Crippen molar-refractivity contribution < 1.29 is 19.7 Å². The Morgan fingerprint density at radius 1 is 1.08 bits per heavy atom. The summed E-state index contributed by atoms with van der Waals surface area (Å²) in [6.07, 6.45) is 11.1. The molecule has 8 atom stereocenters. The van der Waals surface area contributed by atoms with E-state index in [2.05, 4.69) is 47.6 Å². The third-order valence-corrected chi connectivity index (χ3v) is 12.4. The number of Topliss-reactive ketones (excluding diaryl/α,β-unsaturated/α-hetero) is 1. The summed E-state index contributed by atoms with van der Waals surface area (Å²) in [5, 5.41) is 20.9. The number of aliphatic hydroxyl groups is 2. The molecule has 206 valence electrons. The van der Waals surface area contributed by atoms with Gasteiger partial charge in [0.1, 0.15) is 5.78 Å². The molecule has 3 fully saturated rings. The van der Waals surface area contributed by atoms with E-state index in [0.29, 0.717) is 42.5 Å². The van der Waals surface area contributed by atoms with E-state index in [1.54, 1.807) is 19.4 Å². The largest absolute Gasteiger partial charge is 0.390 e. The highest BCUT2D eigenvalue weighted by Gasteiger charge is 2.65. The van der Waals surface area contributed by atoms with Crippen LogP contribution in [0, 0.1) is 45.3 Å². The number of allylic oxidation sites excluding steroid dienone is 2. The first-order chi connectivity index (χ1) is 16.6. The normalized spacial score (nSPS) is 41.7. The predicted octanol–water partition coefficient (Wildman–Crippen LogP) is 6.73. The first-order valence-electron chi connectivity index (χ1n) is 14.8. The van der Waals surface area contributed by atoms with Crippen LogP contribution >= 0.6 is 0 Å². The summed E-state index contributed by atoms with van der Waals surface area (Å²) >= 11 is 0. The van der Waals surface area contributed by atoms with Crippen LogP contribution in [0.15, 0.2) is 11.6 Å². The van der Waals surface area contributed by atoms with E-state index in [0.717, 1.165) is 32.3 Å². The van der Waals surface area contributed by atoms with Gasteiger partial charge in [0.25, 0.3) is 0 Å². The molecule has 36 heavy (non-hydrogen) atoms. The van der Waals surface area contributed by atoms with Gasteiger partial charge in [-0.25, -0.2) is 0 Å². The number of rotatable bonds is 8. The van der Waals surface area contributed by atoms with Crippen molar-refractivity contribution >= 4 is 5.78 Å². The molecule has 2 N–H and O–H groups in total. The summed E-state index contributed by atoms with van der Waals surface area (Å²) < 4.78 is 6.02. The maximum Gasteiger partial charge on any atom is 0.138 e. The topological polar surface area (TPSA) is 66.8 Å². The molecule has 0 spiro atoms. The Hall–Kier alpha value is -0.710. The fourth-order valence-electron chi connectivity index (χ4n) is 9.70. The Morgan fingerprint density at radius 3 is 2.42 bits per heavy atom. The molecule has 0 aliphatic heterocycles. The highest BCUT2D eigenvalue weighted by atomic mass is 16.5. The minimum atomic E-state index is -1.07. The molecule has 0 aromatic heterocycles. The van der Waals surface area contributed by atoms with E-state index in [1.165, 1.54) is 25.7 Å². The maximum absolute atomic E-state index is 12.9. The van der Waals surface area contributed by atoms with Gasteiger partial charge in [0.15, 0.2) is 0 Å². The summed E-state index contributed by atoms with van der Waals surface area (Å²) in [4.78, 5) is 12.9. The molecule has 0 saturated heterocycles. The summed E-state index contributed by atoms with van der Waals surface area (Å²) in [7, 11) is 0. The average molecular weight is 503 g/mol. The van der Waals surface area contributed by atoms with Gasteiger partial charge in [-0.1, -0.05) is 46.3 Å². The van der Waals surface area contributed by atoms with E-state index in [-0.39, 0.29) is 21.7 Å². The highest BCUT2D eigenvalue weighted by Crippen LogP contribution is 2.73. The quantitative estimate of drug-likeness (QED) is 0.361. The van der Waals surface area contributed by atoms with Crippen molar-refractivity contribution in [1.82, 2.24) is 0 Å². The minimum Gasteiger partial charge on any atom is -0.390 e. The van der Waals surface area contributed by atoms with Crippen LogP contribution in [0.1, 0.15) is 113 Å². The van der Waals surface area contributed by atoms with Crippen molar-refractivity contribution in [3.8, 4) is 0 Å². The minimum absolute atomic E-state index is 0.180. The van der Waals surface area contributed by atoms with Gasteiger partial charge in [0, 0.05) is 25.0 Å². The third kappa shape index (κ3) is 4.26. The molecule has 4 heteroatoms. The molecule has 0 radical (unpaired) electrons.